The number of hydroxylamine groups is 1. The fraction of sp³-hybridized carbons (Fsp3) is 0.235. The summed E-state index contributed by atoms with van der Waals surface area (Å²) in [7, 11) is 1.45. The molecule has 0 saturated carbocycles. The maximum absolute atomic E-state index is 14.2. The zero-order valence-electron chi connectivity index (χ0n) is 13.8. The van der Waals surface area contributed by atoms with Crippen LogP contribution in [0.5, 0.6) is 0 Å². The third-order valence-electron chi connectivity index (χ3n) is 3.30. The summed E-state index contributed by atoms with van der Waals surface area (Å²) in [6.45, 7) is -0.350. The van der Waals surface area contributed by atoms with Crippen LogP contribution in [-0.4, -0.2) is 31.3 Å². The number of ether oxygens (including phenoxy) is 1. The Hall–Kier alpha value is -2.62. The molecule has 0 heterocycles. The molecule has 0 aliphatic heterocycles. The Labute approximate surface area is 147 Å². The van der Waals surface area contributed by atoms with E-state index < -0.39 is 29.0 Å². The van der Waals surface area contributed by atoms with Gasteiger partial charge in [-0.1, -0.05) is 6.07 Å². The number of benzene rings is 2. The first-order valence-electron chi connectivity index (χ1n) is 7.53. The van der Waals surface area contributed by atoms with Gasteiger partial charge in [0.25, 0.3) is 5.91 Å². The largest absolute Gasteiger partial charge is 0.394 e. The average Bonchev–Trinajstić information content (AvgIpc) is 2.61. The van der Waals surface area contributed by atoms with E-state index >= 15 is 0 Å². The standard InChI is InChI=1S/C17H17F3N2O4/c1-25-9-10-2-5-14(13(19)8-10)21-16-11(3-4-12(18)15(16)20)17(24)22-26-7-6-23/h2-5,8,21,23H,6-7,9H2,1H3,(H,22,24). The molecule has 0 bridgehead atoms. The molecule has 0 aromatic heterocycles. The second-order valence-corrected chi connectivity index (χ2v) is 5.16. The number of hydrogen-bond donors (Lipinski definition) is 3. The first-order chi connectivity index (χ1) is 12.5. The van der Waals surface area contributed by atoms with E-state index in [0.29, 0.717) is 5.56 Å². The Morgan fingerprint density at radius 2 is 1.92 bits per heavy atom. The van der Waals surface area contributed by atoms with Gasteiger partial charge in [-0.05, 0) is 29.8 Å². The van der Waals surface area contributed by atoms with Crippen molar-refractivity contribution in [3.8, 4) is 0 Å². The quantitative estimate of drug-likeness (QED) is 0.492. The molecule has 2 aromatic carbocycles. The second kappa shape index (κ2) is 9.18. The van der Waals surface area contributed by atoms with Crippen LogP contribution in [-0.2, 0) is 16.2 Å². The van der Waals surface area contributed by atoms with Crippen LogP contribution >= 0.6 is 0 Å². The minimum absolute atomic E-state index is 0.153. The van der Waals surface area contributed by atoms with Crippen LogP contribution in [0.2, 0.25) is 0 Å². The lowest BCUT2D eigenvalue weighted by atomic mass is 10.1. The number of methoxy groups -OCH3 is 1. The van der Waals surface area contributed by atoms with Crippen LogP contribution in [0, 0.1) is 17.5 Å². The lowest BCUT2D eigenvalue weighted by Gasteiger charge is -2.14. The molecule has 2 rings (SSSR count). The number of hydrogen-bond acceptors (Lipinski definition) is 5. The minimum atomic E-state index is -1.35. The SMILES string of the molecule is COCc1ccc(Nc2c(C(=O)NOCCO)ccc(F)c2F)c(F)c1. The van der Waals surface area contributed by atoms with Crippen molar-refractivity contribution in [2.24, 2.45) is 0 Å². The predicted molar refractivity (Wildman–Crippen MR) is 87.3 cm³/mol. The van der Waals surface area contributed by atoms with E-state index in [-0.39, 0.29) is 31.1 Å². The number of aliphatic hydroxyl groups excluding tert-OH is 1. The molecular weight excluding hydrogens is 353 g/mol. The summed E-state index contributed by atoms with van der Waals surface area (Å²) in [5.74, 6) is -4.18. The number of rotatable bonds is 8. The summed E-state index contributed by atoms with van der Waals surface area (Å²) in [6.07, 6.45) is 0. The number of carbonyl (C=O) groups is 1. The molecule has 140 valence electrons. The Kier molecular flexibility index (Phi) is 6.96. The number of anilines is 2. The Balaban J connectivity index is 2.33. The molecule has 0 aliphatic rings. The molecule has 2 aromatic rings. The molecule has 6 nitrogen and oxygen atoms in total. The normalized spacial score (nSPS) is 10.7. The number of nitrogens with one attached hydrogen (secondary N) is 2. The lowest BCUT2D eigenvalue weighted by molar-refractivity contribution is 0.0168. The highest BCUT2D eigenvalue weighted by molar-refractivity contribution is 5.99. The van der Waals surface area contributed by atoms with Crippen molar-refractivity contribution in [1.29, 1.82) is 0 Å². The van der Waals surface area contributed by atoms with Crippen molar-refractivity contribution in [1.82, 2.24) is 5.48 Å². The third kappa shape index (κ3) is 4.72. The number of carbonyl (C=O) groups excluding carboxylic acids is 1. The van der Waals surface area contributed by atoms with Gasteiger partial charge in [0.1, 0.15) is 5.82 Å². The van der Waals surface area contributed by atoms with Crippen LogP contribution in [0.3, 0.4) is 0 Å². The topological polar surface area (TPSA) is 79.8 Å². The van der Waals surface area contributed by atoms with E-state index in [1.807, 2.05) is 5.48 Å². The lowest BCUT2D eigenvalue weighted by Crippen LogP contribution is -2.26. The summed E-state index contributed by atoms with van der Waals surface area (Å²) < 4.78 is 46.8. The van der Waals surface area contributed by atoms with Gasteiger partial charge in [0.15, 0.2) is 11.6 Å². The van der Waals surface area contributed by atoms with Gasteiger partial charge in [-0.25, -0.2) is 18.7 Å². The van der Waals surface area contributed by atoms with Crippen molar-refractivity contribution in [3.05, 3.63) is 58.9 Å². The van der Waals surface area contributed by atoms with Crippen LogP contribution < -0.4 is 10.8 Å². The average molecular weight is 370 g/mol. The molecule has 1 amide bonds. The molecule has 0 unspecified atom stereocenters. The van der Waals surface area contributed by atoms with Crippen LogP contribution in [0.4, 0.5) is 24.5 Å². The van der Waals surface area contributed by atoms with E-state index in [1.54, 1.807) is 0 Å². The summed E-state index contributed by atoms with van der Waals surface area (Å²) in [5.41, 5.74) is 1.52. The third-order valence-corrected chi connectivity index (χ3v) is 3.30. The van der Waals surface area contributed by atoms with Crippen molar-refractivity contribution < 1.29 is 32.6 Å². The Bertz CT molecular complexity index is 787. The maximum Gasteiger partial charge on any atom is 0.277 e. The molecule has 3 N–H and O–H groups in total. The zero-order chi connectivity index (χ0) is 19.1. The second-order valence-electron chi connectivity index (χ2n) is 5.16. The van der Waals surface area contributed by atoms with Crippen LogP contribution in [0.15, 0.2) is 30.3 Å². The number of aliphatic hydroxyl groups is 1. The molecule has 0 spiro atoms. The number of amides is 1. The highest BCUT2D eigenvalue weighted by Crippen LogP contribution is 2.28. The number of halogens is 3. The molecule has 0 saturated heterocycles. The first-order valence-corrected chi connectivity index (χ1v) is 7.53. The van der Waals surface area contributed by atoms with Crippen molar-refractivity contribution >= 4 is 17.3 Å². The van der Waals surface area contributed by atoms with Gasteiger partial charge in [-0.3, -0.25) is 9.63 Å². The van der Waals surface area contributed by atoms with Gasteiger partial charge in [0, 0.05) is 7.11 Å². The highest BCUT2D eigenvalue weighted by atomic mass is 19.2. The highest BCUT2D eigenvalue weighted by Gasteiger charge is 2.20. The van der Waals surface area contributed by atoms with Gasteiger partial charge in [-0.2, -0.15) is 0 Å². The van der Waals surface area contributed by atoms with Crippen LogP contribution in [0.1, 0.15) is 15.9 Å². The van der Waals surface area contributed by atoms with Crippen LogP contribution in [0.25, 0.3) is 0 Å². The van der Waals surface area contributed by atoms with Crippen molar-refractivity contribution in [3.63, 3.8) is 0 Å². The van der Waals surface area contributed by atoms with Crippen molar-refractivity contribution in [2.75, 3.05) is 25.6 Å². The van der Waals surface area contributed by atoms with Gasteiger partial charge >= 0.3 is 0 Å². The first kappa shape index (κ1) is 19.7. The molecule has 0 aliphatic carbocycles. The summed E-state index contributed by atoms with van der Waals surface area (Å²) in [4.78, 5) is 16.7. The van der Waals surface area contributed by atoms with Gasteiger partial charge in [0.2, 0.25) is 0 Å². The molecule has 0 fully saturated rings. The monoisotopic (exact) mass is 370 g/mol. The fourth-order valence-electron chi connectivity index (χ4n) is 2.13. The maximum atomic E-state index is 14.2. The molecule has 26 heavy (non-hydrogen) atoms. The Morgan fingerprint density at radius 3 is 2.58 bits per heavy atom. The smallest absolute Gasteiger partial charge is 0.277 e. The van der Waals surface area contributed by atoms with E-state index in [2.05, 4.69) is 10.2 Å². The summed E-state index contributed by atoms with van der Waals surface area (Å²) in [6, 6.07) is 5.82. The van der Waals surface area contributed by atoms with Gasteiger partial charge in [-0.15, -0.1) is 0 Å². The molecule has 9 heteroatoms. The van der Waals surface area contributed by atoms with E-state index in [9.17, 15) is 18.0 Å². The summed E-state index contributed by atoms with van der Waals surface area (Å²) >= 11 is 0. The van der Waals surface area contributed by atoms with E-state index in [0.717, 1.165) is 12.1 Å². The summed E-state index contributed by atoms with van der Waals surface area (Å²) in [5, 5.41) is 11.0. The van der Waals surface area contributed by atoms with Gasteiger partial charge < -0.3 is 15.2 Å². The van der Waals surface area contributed by atoms with Crippen molar-refractivity contribution in [2.45, 2.75) is 6.61 Å². The zero-order valence-corrected chi connectivity index (χ0v) is 13.8. The fourth-order valence-corrected chi connectivity index (χ4v) is 2.13. The Morgan fingerprint density at radius 1 is 1.15 bits per heavy atom. The minimum Gasteiger partial charge on any atom is -0.394 e. The molecular formula is C17H17F3N2O4. The molecule has 0 atom stereocenters. The predicted octanol–water partition coefficient (Wildman–Crippen LogP) is 2.65. The van der Waals surface area contributed by atoms with E-state index in [1.165, 1.54) is 25.3 Å². The van der Waals surface area contributed by atoms with Gasteiger partial charge in [0.05, 0.1) is 36.8 Å². The van der Waals surface area contributed by atoms with E-state index in [4.69, 9.17) is 9.84 Å². The molecule has 0 radical (unpaired) electrons.